The molecule has 0 fully saturated rings. The molecular weight excluding hydrogens is 563 g/mol. The van der Waals surface area contributed by atoms with Crippen LogP contribution < -0.4 is 24.2 Å². The van der Waals surface area contributed by atoms with Gasteiger partial charge in [-0.1, -0.05) is 54.2 Å². The molecule has 0 bridgehead atoms. The molecule has 0 spiro atoms. The van der Waals surface area contributed by atoms with E-state index in [1.165, 1.54) is 28.4 Å². The molecule has 0 atom stereocenters. The first-order chi connectivity index (χ1) is 19.1. The van der Waals surface area contributed by atoms with Crippen LogP contribution in [0, 0.1) is 6.92 Å². The Morgan fingerprint density at radius 3 is 2.35 bits per heavy atom. The molecule has 0 radical (unpaired) electrons. The van der Waals surface area contributed by atoms with Gasteiger partial charge in [-0.15, -0.1) is 17.9 Å². The number of fused-ring (bicyclic) bond motifs is 1. The molecule has 4 aromatic rings. The van der Waals surface area contributed by atoms with Gasteiger partial charge in [-0.25, -0.2) is 8.42 Å². The molecule has 0 saturated heterocycles. The fourth-order valence-electron chi connectivity index (χ4n) is 4.03. The van der Waals surface area contributed by atoms with Gasteiger partial charge in [0.2, 0.25) is 5.69 Å². The first-order valence-electron chi connectivity index (χ1n) is 12.3. The van der Waals surface area contributed by atoms with Crippen LogP contribution in [0.25, 0.3) is 11.1 Å². The van der Waals surface area contributed by atoms with E-state index in [-0.39, 0.29) is 10.5 Å². The first-order valence-corrected chi connectivity index (χ1v) is 15.4. The van der Waals surface area contributed by atoms with Crippen molar-refractivity contribution in [1.82, 2.24) is 4.57 Å². The number of benzene rings is 2. The SMILES string of the molecule is C=CCn1c(=O)/c(=C2/Sc3ccccc3N2C)s/c1=C/c1cccc[n+]1CC=C.Cc1ccc(S(=O)(=O)[O-])cc1. The fourth-order valence-corrected chi connectivity index (χ4v) is 6.91. The van der Waals surface area contributed by atoms with Crippen molar-refractivity contribution in [2.75, 3.05) is 11.9 Å². The second kappa shape index (κ2) is 12.6. The summed E-state index contributed by atoms with van der Waals surface area (Å²) in [7, 11) is -2.25. The maximum absolute atomic E-state index is 13.3. The van der Waals surface area contributed by atoms with Gasteiger partial charge in [0.25, 0.3) is 5.56 Å². The summed E-state index contributed by atoms with van der Waals surface area (Å²) in [5, 5.41) is 0.977. The molecule has 2 aromatic carbocycles. The van der Waals surface area contributed by atoms with Gasteiger partial charge in [-0.05, 0) is 43.3 Å². The van der Waals surface area contributed by atoms with E-state index >= 15 is 0 Å². The van der Waals surface area contributed by atoms with Crippen molar-refractivity contribution in [3.63, 3.8) is 0 Å². The maximum atomic E-state index is 13.3. The maximum Gasteiger partial charge on any atom is 0.272 e. The van der Waals surface area contributed by atoms with E-state index in [4.69, 9.17) is 0 Å². The van der Waals surface area contributed by atoms with Crippen molar-refractivity contribution in [3.05, 3.63) is 129 Å². The quantitative estimate of drug-likeness (QED) is 0.194. The molecule has 0 saturated carbocycles. The molecular formula is C30H29N3O4S3. The predicted octanol–water partition coefficient (Wildman–Crippen LogP) is 3.61. The van der Waals surface area contributed by atoms with Crippen LogP contribution in [-0.4, -0.2) is 24.6 Å². The molecule has 1 aliphatic heterocycles. The molecule has 0 unspecified atom stereocenters. The van der Waals surface area contributed by atoms with Crippen molar-refractivity contribution >= 4 is 50.0 Å². The predicted molar refractivity (Wildman–Crippen MR) is 162 cm³/mol. The first kappa shape index (κ1) is 29.3. The van der Waals surface area contributed by atoms with E-state index in [1.54, 1.807) is 34.5 Å². The standard InChI is InChI=1S/C23H22N3OS2.C7H8O3S/c1-4-13-25-15-9-8-10-17(25)16-20-26(14-5-2)22(27)21(29-20)23-24(3)18-11-6-7-12-19(18)28-23;1-6-2-4-7(5-3-6)11(8,9)10/h4-12,15-16H,1-2,13-14H2,3H3;2-5H,1H3,(H,8,9,10)/q+1;/p-1/b23-21-;. The topological polar surface area (TPSA) is 86.3 Å². The third-order valence-electron chi connectivity index (χ3n) is 6.04. The van der Waals surface area contributed by atoms with Crippen LogP contribution in [0.3, 0.4) is 0 Å². The third kappa shape index (κ3) is 6.53. The van der Waals surface area contributed by atoms with E-state index in [2.05, 4.69) is 40.8 Å². The molecule has 10 heteroatoms. The Morgan fingerprint density at radius 1 is 1.00 bits per heavy atom. The third-order valence-corrected chi connectivity index (χ3v) is 9.37. The summed E-state index contributed by atoms with van der Waals surface area (Å²) >= 11 is 3.18. The van der Waals surface area contributed by atoms with Gasteiger partial charge in [0.15, 0.2) is 12.7 Å². The second-order valence-electron chi connectivity index (χ2n) is 8.89. The number of thioether (sulfide) groups is 1. The molecule has 7 nitrogen and oxygen atoms in total. The zero-order chi connectivity index (χ0) is 28.9. The molecule has 40 heavy (non-hydrogen) atoms. The van der Waals surface area contributed by atoms with Gasteiger partial charge in [0.1, 0.15) is 24.3 Å². The monoisotopic (exact) mass is 591 g/mol. The number of hydrogen-bond acceptors (Lipinski definition) is 7. The molecule has 0 aliphatic carbocycles. The van der Waals surface area contributed by atoms with Crippen molar-refractivity contribution in [2.24, 2.45) is 0 Å². The zero-order valence-electron chi connectivity index (χ0n) is 22.2. The Morgan fingerprint density at radius 2 is 1.70 bits per heavy atom. The smallest absolute Gasteiger partial charge is 0.272 e. The van der Waals surface area contributed by atoms with Gasteiger partial charge in [-0.2, -0.15) is 4.57 Å². The highest BCUT2D eigenvalue weighted by atomic mass is 32.2. The van der Waals surface area contributed by atoms with E-state index in [1.807, 2.05) is 56.6 Å². The van der Waals surface area contributed by atoms with Gasteiger partial charge >= 0.3 is 0 Å². The lowest BCUT2D eigenvalue weighted by atomic mass is 10.2. The average molecular weight is 592 g/mol. The van der Waals surface area contributed by atoms with E-state index < -0.39 is 10.1 Å². The lowest BCUT2D eigenvalue weighted by Gasteiger charge is -2.11. The Bertz CT molecular complexity index is 1840. The van der Waals surface area contributed by atoms with Crippen molar-refractivity contribution in [2.45, 2.75) is 29.8 Å². The largest absolute Gasteiger partial charge is 0.744 e. The van der Waals surface area contributed by atoms with Crippen LogP contribution in [0.15, 0.2) is 113 Å². The van der Waals surface area contributed by atoms with Crippen LogP contribution in [0.5, 0.6) is 0 Å². The lowest BCUT2D eigenvalue weighted by molar-refractivity contribution is -0.688. The number of nitrogens with zero attached hydrogens (tertiary/aromatic N) is 3. The van der Waals surface area contributed by atoms with Gasteiger partial charge in [0, 0.05) is 36.7 Å². The van der Waals surface area contributed by atoms with E-state index in [0.717, 1.165) is 31.2 Å². The molecule has 1 aliphatic rings. The number of pyridine rings is 1. The summed E-state index contributed by atoms with van der Waals surface area (Å²) in [5.74, 6) is 0. The highest BCUT2D eigenvalue weighted by Gasteiger charge is 2.24. The van der Waals surface area contributed by atoms with E-state index in [9.17, 15) is 17.8 Å². The van der Waals surface area contributed by atoms with Crippen molar-refractivity contribution in [1.29, 1.82) is 0 Å². The summed E-state index contributed by atoms with van der Waals surface area (Å²) in [5.41, 5.74) is 3.11. The number of aromatic nitrogens is 2. The number of hydrogen-bond donors (Lipinski definition) is 0. The molecule has 5 rings (SSSR count). The second-order valence-corrected chi connectivity index (χ2v) is 12.3. The van der Waals surface area contributed by atoms with Crippen LogP contribution in [0.2, 0.25) is 0 Å². The normalized spacial score (nSPS) is 14.4. The molecule has 2 aromatic heterocycles. The highest BCUT2D eigenvalue weighted by molar-refractivity contribution is 8.08. The van der Waals surface area contributed by atoms with Crippen LogP contribution >= 0.6 is 23.1 Å². The van der Waals surface area contributed by atoms with E-state index in [0.29, 0.717) is 13.1 Å². The van der Waals surface area contributed by atoms with Crippen LogP contribution in [-0.2, 0) is 23.2 Å². The van der Waals surface area contributed by atoms with Gasteiger partial charge < -0.3 is 9.45 Å². The summed E-state index contributed by atoms with van der Waals surface area (Å²) in [6.45, 7) is 10.7. The minimum atomic E-state index is -4.27. The Kier molecular flexibility index (Phi) is 9.26. The molecule has 0 amide bonds. The number of anilines is 1. The number of thiazole rings is 1. The molecule has 206 valence electrons. The minimum Gasteiger partial charge on any atom is -0.744 e. The van der Waals surface area contributed by atoms with Crippen LogP contribution in [0.1, 0.15) is 11.3 Å². The number of allylic oxidation sites excluding steroid dienone is 2. The van der Waals surface area contributed by atoms with Crippen molar-refractivity contribution in [3.8, 4) is 0 Å². The lowest BCUT2D eigenvalue weighted by Crippen LogP contribution is -2.37. The Labute approximate surface area is 242 Å². The van der Waals surface area contributed by atoms with Gasteiger partial charge in [0.05, 0.1) is 10.6 Å². The summed E-state index contributed by atoms with van der Waals surface area (Å²) in [6, 6.07) is 20.1. The summed E-state index contributed by atoms with van der Waals surface area (Å²) in [4.78, 5) is 16.4. The van der Waals surface area contributed by atoms with Crippen LogP contribution in [0.4, 0.5) is 5.69 Å². The Hall–Kier alpha value is -3.70. The minimum absolute atomic E-state index is 0.0227. The van der Waals surface area contributed by atoms with Gasteiger partial charge in [-0.3, -0.25) is 9.36 Å². The summed E-state index contributed by atoms with van der Waals surface area (Å²) < 4.78 is 36.7. The number of para-hydroxylation sites is 1. The average Bonchev–Trinajstić information content (AvgIpc) is 3.42. The Balaban J connectivity index is 0.000000283. The fraction of sp³-hybridized carbons (Fsp3) is 0.133. The zero-order valence-corrected chi connectivity index (χ0v) is 24.6. The number of aryl methyl sites for hydroxylation is 1. The number of rotatable bonds is 6. The van der Waals surface area contributed by atoms with Crippen molar-refractivity contribution < 1.29 is 17.5 Å². The molecule has 0 N–H and O–H groups in total. The summed E-state index contributed by atoms with van der Waals surface area (Å²) in [6.07, 6.45) is 7.72. The molecule has 3 heterocycles. The highest BCUT2D eigenvalue weighted by Crippen LogP contribution is 2.44.